The highest BCUT2D eigenvalue weighted by molar-refractivity contribution is 9.10. The zero-order valence-corrected chi connectivity index (χ0v) is 10.2. The fourth-order valence-electron chi connectivity index (χ4n) is 2.57. The van der Waals surface area contributed by atoms with Gasteiger partial charge in [0.2, 0.25) is 0 Å². The summed E-state index contributed by atoms with van der Waals surface area (Å²) in [5.74, 6) is 0. The molecule has 2 aromatic rings. The molecule has 0 saturated heterocycles. The average Bonchev–Trinajstić information content (AvgIpc) is 2.77. The van der Waals surface area contributed by atoms with Gasteiger partial charge in [0.05, 0.1) is 5.52 Å². The number of fused-ring (bicyclic) bond motifs is 3. The second-order valence-electron chi connectivity index (χ2n) is 4.06. The lowest BCUT2D eigenvalue weighted by Gasteiger charge is -2.08. The van der Waals surface area contributed by atoms with Crippen molar-refractivity contribution < 1.29 is 0 Å². The zero-order chi connectivity index (χ0) is 10.4. The van der Waals surface area contributed by atoms with E-state index in [0.717, 1.165) is 10.9 Å². The molecule has 1 aliphatic carbocycles. The highest BCUT2D eigenvalue weighted by Crippen LogP contribution is 2.38. The van der Waals surface area contributed by atoms with Crippen molar-refractivity contribution in [1.82, 2.24) is 10.3 Å². The van der Waals surface area contributed by atoms with Crippen LogP contribution < -0.4 is 5.32 Å². The lowest BCUT2D eigenvalue weighted by molar-refractivity contribution is 0.592. The van der Waals surface area contributed by atoms with Crippen LogP contribution >= 0.6 is 15.9 Å². The van der Waals surface area contributed by atoms with E-state index in [4.69, 9.17) is 0 Å². The van der Waals surface area contributed by atoms with Crippen LogP contribution in [0.25, 0.3) is 10.9 Å². The molecule has 0 radical (unpaired) electrons. The van der Waals surface area contributed by atoms with Gasteiger partial charge >= 0.3 is 0 Å². The largest absolute Gasteiger partial charge is 0.357 e. The van der Waals surface area contributed by atoms with E-state index < -0.39 is 0 Å². The predicted molar refractivity (Wildman–Crippen MR) is 66.1 cm³/mol. The highest BCUT2D eigenvalue weighted by Gasteiger charge is 2.25. The summed E-state index contributed by atoms with van der Waals surface area (Å²) in [6.45, 7) is 0. The lowest BCUT2D eigenvalue weighted by atomic mass is 10.1. The quantitative estimate of drug-likeness (QED) is 0.814. The van der Waals surface area contributed by atoms with E-state index in [9.17, 15) is 0 Å². The molecular formula is C12H13BrN2. The molecule has 1 aromatic heterocycles. The number of para-hydroxylation sites is 1. The van der Waals surface area contributed by atoms with Gasteiger partial charge in [-0.1, -0.05) is 12.1 Å². The van der Waals surface area contributed by atoms with Gasteiger partial charge in [-0.05, 0) is 47.4 Å². The van der Waals surface area contributed by atoms with Crippen LogP contribution in [0.4, 0.5) is 0 Å². The molecule has 0 spiro atoms. The van der Waals surface area contributed by atoms with Crippen molar-refractivity contribution in [1.29, 1.82) is 0 Å². The van der Waals surface area contributed by atoms with E-state index >= 15 is 0 Å². The Morgan fingerprint density at radius 3 is 3.13 bits per heavy atom. The number of hydrogen-bond donors (Lipinski definition) is 2. The number of nitrogens with one attached hydrogen (secondary N) is 2. The van der Waals surface area contributed by atoms with Crippen LogP contribution in [0.2, 0.25) is 0 Å². The Hall–Kier alpha value is -0.800. The van der Waals surface area contributed by atoms with E-state index in [1.807, 2.05) is 7.05 Å². The van der Waals surface area contributed by atoms with Crippen molar-refractivity contribution in [3.63, 3.8) is 0 Å². The maximum absolute atomic E-state index is 3.59. The highest BCUT2D eigenvalue weighted by atomic mass is 79.9. The smallest absolute Gasteiger partial charge is 0.0603 e. The Kier molecular flexibility index (Phi) is 2.11. The monoisotopic (exact) mass is 264 g/mol. The first-order valence-electron chi connectivity index (χ1n) is 5.27. The molecule has 0 saturated carbocycles. The van der Waals surface area contributed by atoms with Crippen molar-refractivity contribution in [2.24, 2.45) is 0 Å². The molecule has 3 heteroatoms. The third-order valence-corrected chi connectivity index (χ3v) is 3.95. The molecule has 1 aliphatic rings. The normalized spacial score (nSPS) is 19.7. The fourth-order valence-corrected chi connectivity index (χ4v) is 3.04. The summed E-state index contributed by atoms with van der Waals surface area (Å²) in [7, 11) is 2.04. The second kappa shape index (κ2) is 3.35. The molecule has 0 bridgehead atoms. The van der Waals surface area contributed by atoms with Crippen LogP contribution in [0.15, 0.2) is 22.7 Å². The first-order valence-corrected chi connectivity index (χ1v) is 6.07. The summed E-state index contributed by atoms with van der Waals surface area (Å²) in [5.41, 5.74) is 4.10. The van der Waals surface area contributed by atoms with Gasteiger partial charge in [-0.3, -0.25) is 0 Å². The maximum Gasteiger partial charge on any atom is 0.0603 e. The van der Waals surface area contributed by atoms with E-state index in [1.165, 1.54) is 28.6 Å². The first-order chi connectivity index (χ1) is 7.31. The topological polar surface area (TPSA) is 27.8 Å². The fraction of sp³-hybridized carbons (Fsp3) is 0.333. The van der Waals surface area contributed by atoms with Gasteiger partial charge in [-0.2, -0.15) is 0 Å². The maximum atomic E-state index is 3.59. The van der Waals surface area contributed by atoms with Crippen LogP contribution in [-0.4, -0.2) is 12.0 Å². The minimum atomic E-state index is 0.517. The number of aromatic amines is 1. The molecule has 0 amide bonds. The Balaban J connectivity index is 2.32. The standard InChI is InChI=1S/C12H13BrN2/c1-14-9-5-6-10-11(9)7-3-2-4-8(13)12(7)15-10/h2-4,9,14-15H,5-6H2,1H3. The molecule has 1 unspecified atom stereocenters. The molecule has 2 N–H and O–H groups in total. The van der Waals surface area contributed by atoms with E-state index in [-0.39, 0.29) is 0 Å². The summed E-state index contributed by atoms with van der Waals surface area (Å²) in [4.78, 5) is 3.52. The lowest BCUT2D eigenvalue weighted by Crippen LogP contribution is -2.12. The molecule has 2 nitrogen and oxygen atoms in total. The zero-order valence-electron chi connectivity index (χ0n) is 8.60. The minimum absolute atomic E-state index is 0.517. The number of aromatic nitrogens is 1. The van der Waals surface area contributed by atoms with Crippen LogP contribution in [0, 0.1) is 0 Å². The number of aryl methyl sites for hydroxylation is 1. The molecule has 3 rings (SSSR count). The number of H-pyrrole nitrogens is 1. The Morgan fingerprint density at radius 2 is 2.33 bits per heavy atom. The van der Waals surface area contributed by atoms with Gasteiger partial charge in [0.25, 0.3) is 0 Å². The summed E-state index contributed by atoms with van der Waals surface area (Å²) in [6, 6.07) is 6.90. The van der Waals surface area contributed by atoms with E-state index in [0.29, 0.717) is 6.04 Å². The van der Waals surface area contributed by atoms with Crippen LogP contribution in [0.5, 0.6) is 0 Å². The summed E-state index contributed by atoms with van der Waals surface area (Å²) >= 11 is 3.59. The summed E-state index contributed by atoms with van der Waals surface area (Å²) < 4.78 is 1.16. The first kappa shape index (κ1) is 9.43. The second-order valence-corrected chi connectivity index (χ2v) is 4.91. The molecule has 0 aliphatic heterocycles. The van der Waals surface area contributed by atoms with Gasteiger partial charge in [0.1, 0.15) is 0 Å². The number of halogens is 1. The van der Waals surface area contributed by atoms with E-state index in [1.54, 1.807) is 0 Å². The van der Waals surface area contributed by atoms with Gasteiger partial charge in [-0.25, -0.2) is 0 Å². The minimum Gasteiger partial charge on any atom is -0.357 e. The van der Waals surface area contributed by atoms with Crippen molar-refractivity contribution in [3.8, 4) is 0 Å². The predicted octanol–water partition coefficient (Wildman–Crippen LogP) is 3.14. The Labute approximate surface area is 97.2 Å². The molecule has 1 heterocycles. The third kappa shape index (κ3) is 1.26. The van der Waals surface area contributed by atoms with Crippen LogP contribution in [0.1, 0.15) is 23.7 Å². The Bertz CT molecular complexity index is 516. The van der Waals surface area contributed by atoms with Gasteiger partial charge in [0, 0.05) is 21.6 Å². The molecule has 1 atom stereocenters. The molecule has 0 fully saturated rings. The SMILES string of the molecule is CNC1CCc2[nH]c3c(Br)cccc3c21. The Morgan fingerprint density at radius 1 is 1.47 bits per heavy atom. The van der Waals surface area contributed by atoms with Gasteiger partial charge < -0.3 is 10.3 Å². The van der Waals surface area contributed by atoms with E-state index in [2.05, 4.69) is 44.4 Å². The average molecular weight is 265 g/mol. The third-order valence-electron chi connectivity index (χ3n) is 3.28. The summed E-state index contributed by atoms with van der Waals surface area (Å²) in [5, 5.41) is 4.74. The number of benzene rings is 1. The molecule has 15 heavy (non-hydrogen) atoms. The molecular weight excluding hydrogens is 252 g/mol. The molecule has 1 aromatic carbocycles. The van der Waals surface area contributed by atoms with Crippen molar-refractivity contribution in [2.45, 2.75) is 18.9 Å². The van der Waals surface area contributed by atoms with Crippen molar-refractivity contribution in [3.05, 3.63) is 33.9 Å². The van der Waals surface area contributed by atoms with Crippen LogP contribution in [0.3, 0.4) is 0 Å². The van der Waals surface area contributed by atoms with Crippen molar-refractivity contribution >= 4 is 26.8 Å². The molecule has 78 valence electrons. The van der Waals surface area contributed by atoms with Crippen molar-refractivity contribution in [2.75, 3.05) is 7.05 Å². The van der Waals surface area contributed by atoms with Gasteiger partial charge in [0.15, 0.2) is 0 Å². The number of hydrogen-bond acceptors (Lipinski definition) is 1. The van der Waals surface area contributed by atoms with Crippen LogP contribution in [-0.2, 0) is 6.42 Å². The van der Waals surface area contributed by atoms with Gasteiger partial charge in [-0.15, -0.1) is 0 Å². The summed E-state index contributed by atoms with van der Waals surface area (Å²) in [6.07, 6.45) is 2.36. The number of rotatable bonds is 1.